The molecule has 0 saturated heterocycles. The molecular weight excluding hydrogens is 260 g/mol. The zero-order valence-corrected chi connectivity index (χ0v) is 11.8. The number of benzene rings is 1. The zero-order valence-electron chi connectivity index (χ0n) is 11.8. The van der Waals surface area contributed by atoms with Crippen LogP contribution in [0.5, 0.6) is 11.5 Å². The van der Waals surface area contributed by atoms with E-state index >= 15 is 0 Å². The summed E-state index contributed by atoms with van der Waals surface area (Å²) in [6, 6.07) is 4.96. The summed E-state index contributed by atoms with van der Waals surface area (Å²) in [4.78, 5) is 22.9. The Balaban J connectivity index is 3.17. The number of hydrogen-bond acceptors (Lipinski definition) is 4. The molecule has 0 atom stereocenters. The van der Waals surface area contributed by atoms with Crippen molar-refractivity contribution < 1.29 is 24.2 Å². The summed E-state index contributed by atoms with van der Waals surface area (Å²) in [5.41, 5.74) is 0.351. The first-order valence-corrected chi connectivity index (χ1v) is 6.23. The number of carboxylic acids is 1. The van der Waals surface area contributed by atoms with Crippen molar-refractivity contribution in [1.29, 1.82) is 0 Å². The fraction of sp³-hybridized carbons (Fsp3) is 0.333. The van der Waals surface area contributed by atoms with Crippen molar-refractivity contribution in [2.75, 3.05) is 14.2 Å². The van der Waals surface area contributed by atoms with E-state index in [1.807, 2.05) is 6.92 Å². The molecule has 0 unspecified atom stereocenters. The van der Waals surface area contributed by atoms with Gasteiger partial charge in [-0.1, -0.05) is 13.0 Å². The average molecular weight is 278 g/mol. The number of carbonyl (C=O) groups excluding carboxylic acids is 1. The first kappa shape index (κ1) is 15.8. The van der Waals surface area contributed by atoms with E-state index in [-0.39, 0.29) is 17.8 Å². The topological polar surface area (TPSA) is 72.8 Å². The van der Waals surface area contributed by atoms with Gasteiger partial charge in [-0.2, -0.15) is 0 Å². The van der Waals surface area contributed by atoms with Crippen LogP contribution in [0.2, 0.25) is 0 Å². The molecular formula is C15H18O5. The van der Waals surface area contributed by atoms with Gasteiger partial charge in [-0.15, -0.1) is 0 Å². The van der Waals surface area contributed by atoms with Crippen molar-refractivity contribution in [3.05, 3.63) is 29.3 Å². The lowest BCUT2D eigenvalue weighted by Gasteiger charge is -2.08. The Hall–Kier alpha value is -2.30. The second-order valence-corrected chi connectivity index (χ2v) is 4.15. The summed E-state index contributed by atoms with van der Waals surface area (Å²) >= 11 is 0. The SMILES string of the molecule is CCCC(=O)C(=Cc1ccc(OC)c(OC)c1)C(=O)O. The highest BCUT2D eigenvalue weighted by Crippen LogP contribution is 2.28. The third-order valence-electron chi connectivity index (χ3n) is 2.73. The highest BCUT2D eigenvalue weighted by Gasteiger charge is 2.16. The molecule has 0 aliphatic rings. The normalized spacial score (nSPS) is 11.1. The molecule has 0 aliphatic heterocycles. The smallest absolute Gasteiger partial charge is 0.339 e. The van der Waals surface area contributed by atoms with Gasteiger partial charge in [0, 0.05) is 6.42 Å². The summed E-state index contributed by atoms with van der Waals surface area (Å²) in [6.07, 6.45) is 2.17. The molecule has 20 heavy (non-hydrogen) atoms. The molecule has 0 radical (unpaired) electrons. The van der Waals surface area contributed by atoms with E-state index in [9.17, 15) is 9.59 Å². The minimum atomic E-state index is -1.22. The number of rotatable bonds is 7. The number of ether oxygens (including phenoxy) is 2. The molecule has 0 amide bonds. The Bertz CT molecular complexity index is 531. The van der Waals surface area contributed by atoms with Gasteiger partial charge in [0.1, 0.15) is 5.57 Å². The van der Waals surface area contributed by atoms with Gasteiger partial charge < -0.3 is 14.6 Å². The first-order chi connectivity index (χ1) is 9.53. The summed E-state index contributed by atoms with van der Waals surface area (Å²) < 4.78 is 10.2. The number of Topliss-reactive ketones (excluding diaryl/α,β-unsaturated/α-hetero) is 1. The number of aliphatic carboxylic acids is 1. The summed E-state index contributed by atoms with van der Waals surface area (Å²) in [7, 11) is 3.01. The Morgan fingerprint density at radius 1 is 1.20 bits per heavy atom. The van der Waals surface area contributed by atoms with Gasteiger partial charge in [0.05, 0.1) is 14.2 Å². The van der Waals surface area contributed by atoms with E-state index in [2.05, 4.69) is 0 Å². The van der Waals surface area contributed by atoms with Crippen LogP contribution < -0.4 is 9.47 Å². The van der Waals surface area contributed by atoms with E-state index in [0.717, 1.165) is 0 Å². The molecule has 0 bridgehead atoms. The van der Waals surface area contributed by atoms with Gasteiger partial charge in [0.25, 0.3) is 0 Å². The van der Waals surface area contributed by atoms with Crippen molar-refractivity contribution in [1.82, 2.24) is 0 Å². The lowest BCUT2D eigenvalue weighted by atomic mass is 10.0. The molecule has 0 spiro atoms. The third kappa shape index (κ3) is 3.85. The zero-order chi connectivity index (χ0) is 15.1. The Morgan fingerprint density at radius 2 is 1.85 bits per heavy atom. The lowest BCUT2D eigenvalue weighted by molar-refractivity contribution is -0.134. The molecule has 5 heteroatoms. The van der Waals surface area contributed by atoms with Crippen LogP contribution in [0.1, 0.15) is 25.3 Å². The maximum absolute atomic E-state index is 11.8. The minimum Gasteiger partial charge on any atom is -0.493 e. The van der Waals surface area contributed by atoms with Crippen molar-refractivity contribution in [3.8, 4) is 11.5 Å². The standard InChI is InChI=1S/C15H18O5/c1-4-5-12(16)11(15(17)18)8-10-6-7-13(19-2)14(9-10)20-3/h6-9H,4-5H2,1-3H3,(H,17,18). The van der Waals surface area contributed by atoms with Gasteiger partial charge in [0.15, 0.2) is 17.3 Å². The van der Waals surface area contributed by atoms with Crippen LogP contribution in [-0.4, -0.2) is 31.1 Å². The number of ketones is 1. The predicted molar refractivity (Wildman–Crippen MR) is 75.1 cm³/mol. The minimum absolute atomic E-state index is 0.214. The van der Waals surface area contributed by atoms with Crippen LogP contribution in [0.4, 0.5) is 0 Å². The summed E-state index contributed by atoms with van der Waals surface area (Å²) in [5.74, 6) is -0.580. The molecule has 5 nitrogen and oxygen atoms in total. The van der Waals surface area contributed by atoms with Crippen molar-refractivity contribution in [3.63, 3.8) is 0 Å². The second kappa shape index (κ2) is 7.33. The fourth-order valence-electron chi connectivity index (χ4n) is 1.73. The van der Waals surface area contributed by atoms with Crippen LogP contribution in [0, 0.1) is 0 Å². The predicted octanol–water partition coefficient (Wildman–Crippen LogP) is 2.54. The van der Waals surface area contributed by atoms with Gasteiger partial charge in [-0.25, -0.2) is 4.79 Å². The highest BCUT2D eigenvalue weighted by molar-refractivity contribution is 6.20. The second-order valence-electron chi connectivity index (χ2n) is 4.15. The fourth-order valence-corrected chi connectivity index (χ4v) is 1.73. The molecule has 0 heterocycles. The van der Waals surface area contributed by atoms with Crippen LogP contribution in [-0.2, 0) is 9.59 Å². The Morgan fingerprint density at radius 3 is 2.35 bits per heavy atom. The maximum Gasteiger partial charge on any atom is 0.339 e. The molecule has 1 aromatic carbocycles. The average Bonchev–Trinajstić information content (AvgIpc) is 2.44. The van der Waals surface area contributed by atoms with Crippen molar-refractivity contribution in [2.45, 2.75) is 19.8 Å². The number of carbonyl (C=O) groups is 2. The molecule has 0 saturated carbocycles. The molecule has 0 fully saturated rings. The van der Waals surface area contributed by atoms with Gasteiger partial charge in [-0.05, 0) is 30.2 Å². The molecule has 1 aromatic rings. The first-order valence-electron chi connectivity index (χ1n) is 6.23. The molecule has 0 aliphatic carbocycles. The molecule has 0 aromatic heterocycles. The van der Waals surface area contributed by atoms with Crippen molar-refractivity contribution >= 4 is 17.8 Å². The molecule has 1 N–H and O–H groups in total. The van der Waals surface area contributed by atoms with Gasteiger partial charge >= 0.3 is 5.97 Å². The molecule has 1 rings (SSSR count). The quantitative estimate of drug-likeness (QED) is 0.471. The lowest BCUT2D eigenvalue weighted by Crippen LogP contribution is -2.11. The maximum atomic E-state index is 11.8. The summed E-state index contributed by atoms with van der Waals surface area (Å²) in [5, 5.41) is 9.11. The van der Waals surface area contributed by atoms with Crippen LogP contribution >= 0.6 is 0 Å². The van der Waals surface area contributed by atoms with E-state index in [1.165, 1.54) is 20.3 Å². The molecule has 108 valence electrons. The third-order valence-corrected chi connectivity index (χ3v) is 2.73. The Kier molecular flexibility index (Phi) is 5.77. The van der Waals surface area contributed by atoms with Crippen molar-refractivity contribution in [2.24, 2.45) is 0 Å². The van der Waals surface area contributed by atoms with Crippen LogP contribution in [0.3, 0.4) is 0 Å². The monoisotopic (exact) mass is 278 g/mol. The van der Waals surface area contributed by atoms with Crippen LogP contribution in [0.15, 0.2) is 23.8 Å². The van der Waals surface area contributed by atoms with Gasteiger partial charge in [-0.3, -0.25) is 4.79 Å². The number of hydrogen-bond donors (Lipinski definition) is 1. The van der Waals surface area contributed by atoms with Gasteiger partial charge in [0.2, 0.25) is 0 Å². The van der Waals surface area contributed by atoms with E-state index in [1.54, 1.807) is 18.2 Å². The van der Waals surface area contributed by atoms with E-state index < -0.39 is 5.97 Å². The van der Waals surface area contributed by atoms with E-state index in [4.69, 9.17) is 14.6 Å². The number of carboxylic acid groups (broad SMARTS) is 1. The Labute approximate surface area is 117 Å². The largest absolute Gasteiger partial charge is 0.493 e. The van der Waals surface area contributed by atoms with E-state index in [0.29, 0.717) is 23.5 Å². The number of methoxy groups -OCH3 is 2. The highest BCUT2D eigenvalue weighted by atomic mass is 16.5. The summed E-state index contributed by atoms with van der Waals surface area (Å²) in [6.45, 7) is 1.83. The van der Waals surface area contributed by atoms with Crippen LogP contribution in [0.25, 0.3) is 6.08 Å².